The zero-order valence-electron chi connectivity index (χ0n) is 32.4. The molecule has 1 amide bonds. The second-order valence-electron chi connectivity index (χ2n) is 14.9. The van der Waals surface area contributed by atoms with E-state index in [1.54, 1.807) is 36.4 Å². The van der Waals surface area contributed by atoms with Crippen molar-refractivity contribution in [3.05, 3.63) is 114 Å². The van der Waals surface area contributed by atoms with Gasteiger partial charge in [0.1, 0.15) is 60.3 Å². The van der Waals surface area contributed by atoms with E-state index in [2.05, 4.69) is 0 Å². The molecule has 7 rings (SSSR count). The summed E-state index contributed by atoms with van der Waals surface area (Å²) in [5, 5.41) is 82.3. The van der Waals surface area contributed by atoms with Gasteiger partial charge in [0.15, 0.2) is 24.6 Å². The molecule has 4 aromatic carbocycles. The van der Waals surface area contributed by atoms with Crippen LogP contribution >= 0.6 is 7.60 Å². The number of rotatable bonds is 14. The summed E-state index contributed by atoms with van der Waals surface area (Å²) in [5.74, 6) is -4.85. The third kappa shape index (κ3) is 9.38. The predicted octanol–water partition coefficient (Wildman–Crippen LogP) is -0.310. The lowest BCUT2D eigenvalue weighted by atomic mass is 9.87. The van der Waals surface area contributed by atoms with Crippen LogP contribution in [0.25, 0.3) is 11.1 Å². The molecule has 3 fully saturated rings. The highest BCUT2D eigenvalue weighted by Gasteiger charge is 2.53. The van der Waals surface area contributed by atoms with Crippen LogP contribution in [0.2, 0.25) is 0 Å². The summed E-state index contributed by atoms with van der Waals surface area (Å²) >= 11 is 0. The number of nitrogens with zero attached hydrogens (tertiary/aromatic N) is 1. The average Bonchev–Trinajstić information content (AvgIpc) is 3.25. The number of hydrogen-bond acceptors (Lipinski definition) is 15. The summed E-state index contributed by atoms with van der Waals surface area (Å²) in [6.45, 7) is -0.584. The number of aliphatic hydroxyl groups is 6. The zero-order chi connectivity index (χ0) is 45.5. The highest BCUT2D eigenvalue weighted by atomic mass is 31.2. The number of carbonyl (C=O) groups is 3. The van der Waals surface area contributed by atoms with Gasteiger partial charge in [-0.25, -0.2) is 14.0 Å². The third-order valence-electron chi connectivity index (χ3n) is 10.8. The Morgan fingerprint density at radius 2 is 1.27 bits per heavy atom. The number of ether oxygens (including phenoxy) is 5. The highest BCUT2D eigenvalue weighted by molar-refractivity contribution is 7.60. The van der Waals surface area contributed by atoms with Crippen LogP contribution in [0, 0.1) is 5.82 Å². The van der Waals surface area contributed by atoms with Crippen molar-refractivity contribution in [1.82, 2.24) is 0 Å². The number of aliphatic carboxylic acids is 2. The first-order chi connectivity index (χ1) is 29.8. The minimum atomic E-state index is -4.63. The van der Waals surface area contributed by atoms with Crippen LogP contribution in [0.4, 0.5) is 10.1 Å². The van der Waals surface area contributed by atoms with Gasteiger partial charge in [-0.2, -0.15) is 0 Å². The standard InChI is InChI=1S/C41H41FNO19P/c42-21-11-6-19(7-12-21)26(60-41-33(49)29(45)31(47)36(62-41)39(53)54)17-58-34-27(43(37(34)50)22-4-2-1-3-5-22)24-15-10-20(18-8-13-23(14-9-18)63(55,56)57)16-25(24)59-40-32(48)28(44)30(46)35(61-40)38(51)52/h1-16,26-36,40-41,44-49H,17H2,(H,51,52)(H,53,54)(H2,55,56,57)/t26-,27+,28-,29-,30?,31-,32?,33?,34+,35?,36?,40+,41+/m0/s1. The second kappa shape index (κ2) is 18.5. The Hall–Kier alpha value is -5.23. The van der Waals surface area contributed by atoms with Crippen LogP contribution in [0.1, 0.15) is 23.3 Å². The van der Waals surface area contributed by atoms with Crippen LogP contribution in [-0.4, -0.2) is 143 Å². The topological polar surface area (TPSA) is 320 Å². The molecule has 0 saturated carbocycles. The van der Waals surface area contributed by atoms with Crippen molar-refractivity contribution in [2.75, 3.05) is 11.5 Å². The van der Waals surface area contributed by atoms with Gasteiger partial charge in [-0.05, 0) is 59.2 Å². The van der Waals surface area contributed by atoms with Crippen LogP contribution in [-0.2, 0) is 37.9 Å². The lowest BCUT2D eigenvalue weighted by Crippen LogP contribution is -2.62. The van der Waals surface area contributed by atoms with Gasteiger partial charge < -0.3 is 74.3 Å². The normalized spacial score (nSPS) is 30.3. The number of para-hydroxylation sites is 1. The monoisotopic (exact) mass is 901 g/mol. The molecule has 63 heavy (non-hydrogen) atoms. The fourth-order valence-corrected chi connectivity index (χ4v) is 7.93. The van der Waals surface area contributed by atoms with E-state index in [1.165, 1.54) is 53.4 Å². The first kappa shape index (κ1) is 45.8. The lowest BCUT2D eigenvalue weighted by Gasteiger charge is -2.48. The number of amides is 1. The van der Waals surface area contributed by atoms with Crippen molar-refractivity contribution in [3.8, 4) is 16.9 Å². The number of hydrogen-bond donors (Lipinski definition) is 10. The smallest absolute Gasteiger partial charge is 0.356 e. The molecule has 5 unspecified atom stereocenters. The number of carboxylic acids is 2. The van der Waals surface area contributed by atoms with Gasteiger partial charge >= 0.3 is 19.5 Å². The number of carbonyl (C=O) groups excluding carboxylic acids is 1. The van der Waals surface area contributed by atoms with Gasteiger partial charge in [-0.3, -0.25) is 14.3 Å². The van der Waals surface area contributed by atoms with Crippen molar-refractivity contribution >= 4 is 36.4 Å². The second-order valence-corrected chi connectivity index (χ2v) is 16.5. The quantitative estimate of drug-likeness (QED) is 0.0573. The molecule has 0 spiro atoms. The molecule has 3 heterocycles. The highest BCUT2D eigenvalue weighted by Crippen LogP contribution is 2.46. The predicted molar refractivity (Wildman–Crippen MR) is 209 cm³/mol. The molecule has 0 aromatic heterocycles. The maximum absolute atomic E-state index is 14.2. The lowest BCUT2D eigenvalue weighted by molar-refractivity contribution is -0.309. The first-order valence-corrected chi connectivity index (χ1v) is 20.7. The van der Waals surface area contributed by atoms with Gasteiger partial charge in [0.25, 0.3) is 5.91 Å². The van der Waals surface area contributed by atoms with Crippen molar-refractivity contribution in [2.24, 2.45) is 0 Å². The molecule has 336 valence electrons. The first-order valence-electron chi connectivity index (χ1n) is 19.1. The van der Waals surface area contributed by atoms with Crippen LogP contribution in [0.5, 0.6) is 5.75 Å². The van der Waals surface area contributed by atoms with Crippen molar-refractivity contribution in [2.45, 2.75) is 79.7 Å². The van der Waals surface area contributed by atoms with Crippen molar-refractivity contribution in [1.29, 1.82) is 0 Å². The summed E-state index contributed by atoms with van der Waals surface area (Å²) in [6.07, 6.45) is -23.0. The average molecular weight is 902 g/mol. The minimum absolute atomic E-state index is 0.133. The molecular formula is C41H41FNO19P. The molecule has 0 bridgehead atoms. The molecule has 3 aliphatic heterocycles. The molecule has 10 N–H and O–H groups in total. The SMILES string of the molecule is O=C(O)C1O[C@@H](Oc2cc(-c3ccc(P(=O)(O)O)cc3)ccc2[C@@H]2[C@@H](OC[C@H](O[C@@H]3OC(C(=O)O)[C@@H](O)[C@H](O)C3O)c3ccc(F)cc3)C(=O)N2c2ccccc2)C(O)[C@@H](O)C1O. The molecule has 3 saturated heterocycles. The fourth-order valence-electron chi connectivity index (χ4n) is 7.40. The number of anilines is 1. The largest absolute Gasteiger partial charge is 0.479 e. The molecule has 0 aliphatic carbocycles. The Labute approximate surface area is 355 Å². The zero-order valence-corrected chi connectivity index (χ0v) is 33.3. The molecule has 20 nitrogen and oxygen atoms in total. The summed E-state index contributed by atoms with van der Waals surface area (Å²) in [5.41, 5.74) is 1.39. The van der Waals surface area contributed by atoms with E-state index in [0.29, 0.717) is 16.8 Å². The van der Waals surface area contributed by atoms with Gasteiger partial charge in [0.05, 0.1) is 11.9 Å². The molecular weight excluding hydrogens is 860 g/mol. The van der Waals surface area contributed by atoms with Crippen molar-refractivity contribution < 1.29 is 97.7 Å². The van der Waals surface area contributed by atoms with Gasteiger partial charge in [-0.15, -0.1) is 0 Å². The Balaban J connectivity index is 1.27. The minimum Gasteiger partial charge on any atom is -0.479 e. The van der Waals surface area contributed by atoms with Crippen LogP contribution in [0.3, 0.4) is 0 Å². The van der Waals surface area contributed by atoms with Gasteiger partial charge in [0.2, 0.25) is 6.29 Å². The van der Waals surface area contributed by atoms with Gasteiger partial charge in [-0.1, -0.05) is 54.6 Å². The molecule has 3 aliphatic rings. The molecule has 13 atom stereocenters. The Kier molecular flexibility index (Phi) is 13.4. The van der Waals surface area contributed by atoms with E-state index >= 15 is 0 Å². The number of halogens is 1. The summed E-state index contributed by atoms with van der Waals surface area (Å²) in [6, 6.07) is 21.3. The van der Waals surface area contributed by atoms with E-state index < -0.39 is 118 Å². The molecule has 4 aromatic rings. The summed E-state index contributed by atoms with van der Waals surface area (Å²) < 4.78 is 54.9. The maximum Gasteiger partial charge on any atom is 0.356 e. The van der Waals surface area contributed by atoms with Crippen LogP contribution < -0.4 is 14.9 Å². The van der Waals surface area contributed by atoms with Gasteiger partial charge in [0, 0.05) is 11.3 Å². The van der Waals surface area contributed by atoms with E-state index in [0.717, 1.165) is 12.1 Å². The number of β-lactam (4-membered cyclic amide) rings is 1. The third-order valence-corrected chi connectivity index (χ3v) is 11.8. The number of carboxylic acid groups (broad SMARTS) is 2. The maximum atomic E-state index is 14.2. The van der Waals surface area contributed by atoms with E-state index in [9.17, 15) is 74.0 Å². The molecule has 0 radical (unpaired) electrons. The summed E-state index contributed by atoms with van der Waals surface area (Å²) in [7, 11) is -4.63. The Bertz CT molecular complexity index is 2330. The Morgan fingerprint density at radius 1 is 0.714 bits per heavy atom. The summed E-state index contributed by atoms with van der Waals surface area (Å²) in [4.78, 5) is 58.6. The van der Waals surface area contributed by atoms with Crippen molar-refractivity contribution in [3.63, 3.8) is 0 Å². The van der Waals surface area contributed by atoms with E-state index in [-0.39, 0.29) is 22.2 Å². The fraction of sp³-hybridized carbons (Fsp3) is 0.341. The molecule has 22 heteroatoms. The van der Waals surface area contributed by atoms with Crippen LogP contribution in [0.15, 0.2) is 97.1 Å². The van der Waals surface area contributed by atoms with E-state index in [4.69, 9.17) is 23.7 Å². The number of benzene rings is 4. The van der Waals surface area contributed by atoms with E-state index in [1.807, 2.05) is 0 Å². The Morgan fingerprint density at radius 3 is 1.84 bits per heavy atom. The number of aliphatic hydroxyl groups excluding tert-OH is 6.